The van der Waals surface area contributed by atoms with Crippen LogP contribution in [-0.2, 0) is 4.74 Å². The van der Waals surface area contributed by atoms with Gasteiger partial charge in [-0.05, 0) is 19.3 Å². The average Bonchev–Trinajstić information content (AvgIpc) is 3.27. The van der Waals surface area contributed by atoms with Crippen molar-refractivity contribution in [2.24, 2.45) is 0 Å². The number of aliphatic hydroxyl groups is 3. The molecule has 1 saturated heterocycles. The maximum absolute atomic E-state index is 9.98. The zero-order valence-corrected chi connectivity index (χ0v) is 13.1. The van der Waals surface area contributed by atoms with Gasteiger partial charge in [-0.15, -0.1) is 0 Å². The molecule has 1 aliphatic carbocycles. The molecule has 2 aromatic rings. The summed E-state index contributed by atoms with van der Waals surface area (Å²) in [5, 5.41) is 32.4. The predicted molar refractivity (Wildman–Crippen MR) is 84.2 cm³/mol. The predicted octanol–water partition coefficient (Wildman–Crippen LogP) is -0.208. The van der Waals surface area contributed by atoms with Crippen molar-refractivity contribution in [1.82, 2.24) is 19.5 Å². The van der Waals surface area contributed by atoms with Crippen LogP contribution in [0, 0.1) is 0 Å². The van der Waals surface area contributed by atoms with E-state index in [0.717, 1.165) is 19.3 Å². The molecule has 2 fully saturated rings. The number of imidazole rings is 1. The molecular formula is C15H21N5O4. The first-order valence-corrected chi connectivity index (χ1v) is 8.24. The van der Waals surface area contributed by atoms with Crippen molar-refractivity contribution in [3.8, 4) is 0 Å². The summed E-state index contributed by atoms with van der Waals surface area (Å²) in [6.07, 6.45) is 3.96. The van der Waals surface area contributed by atoms with E-state index in [4.69, 9.17) is 4.74 Å². The number of nitrogens with zero attached hydrogens (tertiary/aromatic N) is 4. The van der Waals surface area contributed by atoms with Crippen molar-refractivity contribution in [1.29, 1.82) is 0 Å². The second-order valence-electron chi connectivity index (χ2n) is 6.41. The lowest BCUT2D eigenvalue weighted by atomic mass is 10.2. The minimum atomic E-state index is -0.717. The van der Waals surface area contributed by atoms with Crippen LogP contribution >= 0.6 is 0 Å². The van der Waals surface area contributed by atoms with E-state index < -0.39 is 18.4 Å². The van der Waals surface area contributed by atoms with E-state index >= 15 is 0 Å². The van der Waals surface area contributed by atoms with Crippen molar-refractivity contribution < 1.29 is 20.1 Å². The summed E-state index contributed by atoms with van der Waals surface area (Å²) < 4.78 is 7.41. The van der Waals surface area contributed by atoms with Gasteiger partial charge in [0.05, 0.1) is 31.2 Å². The van der Waals surface area contributed by atoms with Gasteiger partial charge in [-0.2, -0.15) is 0 Å². The Balaban J connectivity index is 1.62. The highest BCUT2D eigenvalue weighted by atomic mass is 16.5. The number of aliphatic hydroxyl groups excluding tert-OH is 3. The van der Waals surface area contributed by atoms with Crippen molar-refractivity contribution in [2.45, 2.75) is 56.3 Å². The number of nitrogens with one attached hydrogen (secondary N) is 1. The Morgan fingerprint density at radius 1 is 1.21 bits per heavy atom. The van der Waals surface area contributed by atoms with Crippen LogP contribution in [0.25, 0.3) is 11.2 Å². The van der Waals surface area contributed by atoms with E-state index in [1.54, 1.807) is 10.9 Å². The number of rotatable bonds is 4. The van der Waals surface area contributed by atoms with Crippen LogP contribution in [0.4, 0.5) is 5.82 Å². The first-order chi connectivity index (χ1) is 11.7. The fourth-order valence-corrected chi connectivity index (χ4v) is 3.50. The van der Waals surface area contributed by atoms with Crippen LogP contribution in [0.3, 0.4) is 0 Å². The Bertz CT molecular complexity index is 723. The molecule has 0 unspecified atom stereocenters. The summed E-state index contributed by atoms with van der Waals surface area (Å²) in [6, 6.07) is -0.0310. The Hall–Kier alpha value is -1.81. The molecule has 0 bridgehead atoms. The average molecular weight is 335 g/mol. The smallest absolute Gasteiger partial charge is 0.167 e. The third-order valence-corrected chi connectivity index (χ3v) is 4.85. The molecule has 4 N–H and O–H groups in total. The van der Waals surface area contributed by atoms with E-state index in [1.807, 2.05) is 0 Å². The third-order valence-electron chi connectivity index (χ3n) is 4.85. The molecule has 3 heterocycles. The Morgan fingerprint density at radius 2 is 2.08 bits per heavy atom. The molecule has 1 saturated carbocycles. The number of hydrogen-bond acceptors (Lipinski definition) is 8. The number of fused-ring (bicyclic) bond motifs is 1. The van der Waals surface area contributed by atoms with Crippen LogP contribution < -0.4 is 5.32 Å². The highest BCUT2D eigenvalue weighted by Gasteiger charge is 2.35. The van der Waals surface area contributed by atoms with Crippen LogP contribution in [0.1, 0.15) is 31.9 Å². The number of ether oxygens (including phenoxy) is 1. The molecule has 0 amide bonds. The quantitative estimate of drug-likeness (QED) is 0.605. The van der Waals surface area contributed by atoms with Gasteiger partial charge in [-0.25, -0.2) is 15.0 Å². The van der Waals surface area contributed by atoms with E-state index in [-0.39, 0.29) is 18.8 Å². The van der Waals surface area contributed by atoms with Crippen molar-refractivity contribution >= 4 is 17.0 Å². The molecule has 1 aliphatic heterocycles. The summed E-state index contributed by atoms with van der Waals surface area (Å²) in [5.74, 6) is 0.585. The maximum atomic E-state index is 9.98. The molecule has 4 rings (SSSR count). The van der Waals surface area contributed by atoms with Gasteiger partial charge in [-0.3, -0.25) is 4.57 Å². The zero-order chi connectivity index (χ0) is 16.7. The number of aromatic nitrogens is 4. The summed E-state index contributed by atoms with van der Waals surface area (Å²) in [5.41, 5.74) is 1.19. The molecule has 9 nitrogen and oxygen atoms in total. The van der Waals surface area contributed by atoms with E-state index in [0.29, 0.717) is 23.4 Å². The van der Waals surface area contributed by atoms with Crippen LogP contribution in [-0.4, -0.2) is 65.8 Å². The van der Waals surface area contributed by atoms with Gasteiger partial charge in [0.25, 0.3) is 0 Å². The topological polar surface area (TPSA) is 126 Å². The summed E-state index contributed by atoms with van der Waals surface area (Å²) in [6.45, 7) is -0.231. The maximum Gasteiger partial charge on any atom is 0.167 e. The molecular weight excluding hydrogens is 314 g/mol. The fourth-order valence-electron chi connectivity index (χ4n) is 3.50. The number of hydrogen-bond donors (Lipinski definition) is 4. The lowest BCUT2D eigenvalue weighted by molar-refractivity contribution is -0.0432. The van der Waals surface area contributed by atoms with E-state index in [2.05, 4.69) is 20.3 Å². The monoisotopic (exact) mass is 335 g/mol. The van der Waals surface area contributed by atoms with Crippen molar-refractivity contribution in [3.05, 3.63) is 12.7 Å². The summed E-state index contributed by atoms with van der Waals surface area (Å²) in [7, 11) is 0. The summed E-state index contributed by atoms with van der Waals surface area (Å²) in [4.78, 5) is 12.9. The van der Waals surface area contributed by atoms with Gasteiger partial charge in [0, 0.05) is 6.42 Å². The Kier molecular flexibility index (Phi) is 4.09. The van der Waals surface area contributed by atoms with Crippen LogP contribution in [0.5, 0.6) is 0 Å². The van der Waals surface area contributed by atoms with Gasteiger partial charge in [0.1, 0.15) is 18.7 Å². The molecule has 0 spiro atoms. The van der Waals surface area contributed by atoms with E-state index in [1.165, 1.54) is 6.33 Å². The first kappa shape index (κ1) is 15.7. The second kappa shape index (κ2) is 6.25. The highest BCUT2D eigenvalue weighted by Crippen LogP contribution is 2.32. The molecule has 0 aromatic carbocycles. The molecule has 5 atom stereocenters. The second-order valence-corrected chi connectivity index (χ2v) is 6.41. The van der Waals surface area contributed by atoms with Crippen molar-refractivity contribution in [2.75, 3.05) is 11.9 Å². The fraction of sp³-hybridized carbons (Fsp3) is 0.667. The molecule has 2 aliphatic rings. The SMILES string of the molecule is OC[C@H]1O[C@@H](n2cnc3c(N[C@H]4CCC[C@@H]4O)ncnc32)C[C@@H]1O. The molecule has 130 valence electrons. The summed E-state index contributed by atoms with van der Waals surface area (Å²) >= 11 is 0. The van der Waals surface area contributed by atoms with Gasteiger partial charge in [-0.1, -0.05) is 0 Å². The van der Waals surface area contributed by atoms with Gasteiger partial charge in [0.15, 0.2) is 17.0 Å². The molecule has 9 heteroatoms. The number of anilines is 1. The standard InChI is InChI=1S/C15H21N5O4/c21-5-11-10(23)4-12(24-11)20-7-18-13-14(16-6-17-15(13)20)19-8-2-1-3-9(8)22/h6-12,21-23H,1-5H2,(H,16,17,19)/t8-,9-,10-,11+,12+/m0/s1. The van der Waals surface area contributed by atoms with Crippen LogP contribution in [0.2, 0.25) is 0 Å². The van der Waals surface area contributed by atoms with Crippen LogP contribution in [0.15, 0.2) is 12.7 Å². The minimum Gasteiger partial charge on any atom is -0.394 e. The molecule has 0 radical (unpaired) electrons. The van der Waals surface area contributed by atoms with Gasteiger partial charge < -0.3 is 25.4 Å². The van der Waals surface area contributed by atoms with Crippen molar-refractivity contribution in [3.63, 3.8) is 0 Å². The minimum absolute atomic E-state index is 0.0310. The normalized spacial score (nSPS) is 33.4. The lowest BCUT2D eigenvalue weighted by Crippen LogP contribution is -2.28. The first-order valence-electron chi connectivity index (χ1n) is 8.24. The van der Waals surface area contributed by atoms with Gasteiger partial charge >= 0.3 is 0 Å². The molecule has 24 heavy (non-hydrogen) atoms. The zero-order valence-electron chi connectivity index (χ0n) is 13.1. The highest BCUT2D eigenvalue weighted by molar-refractivity contribution is 5.82. The van der Waals surface area contributed by atoms with Gasteiger partial charge in [0.2, 0.25) is 0 Å². The third kappa shape index (κ3) is 2.63. The van der Waals surface area contributed by atoms with E-state index in [9.17, 15) is 15.3 Å². The Labute approximate surface area is 138 Å². The lowest BCUT2D eigenvalue weighted by Gasteiger charge is -2.17. The Morgan fingerprint density at radius 3 is 2.79 bits per heavy atom. The largest absolute Gasteiger partial charge is 0.394 e. The molecule has 2 aromatic heterocycles.